The third kappa shape index (κ3) is 1.35. The Morgan fingerprint density at radius 3 is 3.00 bits per heavy atom. The van der Waals surface area contributed by atoms with Crippen LogP contribution in [0.5, 0.6) is 0 Å². The number of thiocarbonyl (C=S) groups is 1. The highest BCUT2D eigenvalue weighted by atomic mass is 32.1. The van der Waals surface area contributed by atoms with Gasteiger partial charge in [0.1, 0.15) is 10.8 Å². The SMILES string of the molecule is Cc1cccc2c1C(N)=NC(=S)C2. The molecule has 3 heteroatoms. The molecule has 1 aliphatic rings. The van der Waals surface area contributed by atoms with Crippen LogP contribution in [-0.4, -0.2) is 10.8 Å². The largest absolute Gasteiger partial charge is 0.383 e. The lowest BCUT2D eigenvalue weighted by atomic mass is 9.97. The van der Waals surface area contributed by atoms with E-state index in [-0.39, 0.29) is 0 Å². The van der Waals surface area contributed by atoms with Crippen molar-refractivity contribution in [2.45, 2.75) is 13.3 Å². The summed E-state index contributed by atoms with van der Waals surface area (Å²) in [6.45, 7) is 2.04. The molecule has 2 rings (SSSR count). The lowest BCUT2D eigenvalue weighted by Crippen LogP contribution is -2.24. The summed E-state index contributed by atoms with van der Waals surface area (Å²) in [7, 11) is 0. The van der Waals surface area contributed by atoms with Gasteiger partial charge in [0.15, 0.2) is 0 Å². The third-order valence-corrected chi connectivity index (χ3v) is 2.44. The van der Waals surface area contributed by atoms with E-state index in [2.05, 4.69) is 11.1 Å². The molecule has 0 aliphatic carbocycles. The molecule has 66 valence electrons. The maximum Gasteiger partial charge on any atom is 0.132 e. The highest BCUT2D eigenvalue weighted by molar-refractivity contribution is 7.80. The van der Waals surface area contributed by atoms with Gasteiger partial charge in [-0.1, -0.05) is 30.4 Å². The van der Waals surface area contributed by atoms with Gasteiger partial charge < -0.3 is 5.73 Å². The number of fused-ring (bicyclic) bond motifs is 1. The van der Waals surface area contributed by atoms with Crippen molar-refractivity contribution < 1.29 is 0 Å². The fraction of sp³-hybridized carbons (Fsp3) is 0.200. The minimum Gasteiger partial charge on any atom is -0.383 e. The highest BCUT2D eigenvalue weighted by Crippen LogP contribution is 2.19. The lowest BCUT2D eigenvalue weighted by Gasteiger charge is -2.16. The molecule has 1 aromatic rings. The smallest absolute Gasteiger partial charge is 0.132 e. The van der Waals surface area contributed by atoms with Gasteiger partial charge in [0.25, 0.3) is 0 Å². The Bertz CT molecular complexity index is 407. The molecule has 0 saturated carbocycles. The number of hydrogen-bond acceptors (Lipinski definition) is 2. The second-order valence-corrected chi connectivity index (χ2v) is 3.65. The van der Waals surface area contributed by atoms with Crippen LogP contribution in [0.4, 0.5) is 0 Å². The van der Waals surface area contributed by atoms with Crippen LogP contribution >= 0.6 is 12.2 Å². The number of aliphatic imine (C=N–C) groups is 1. The molecule has 0 unspecified atom stereocenters. The molecule has 0 fully saturated rings. The van der Waals surface area contributed by atoms with Crippen molar-refractivity contribution in [2.24, 2.45) is 10.7 Å². The Morgan fingerprint density at radius 1 is 1.46 bits per heavy atom. The van der Waals surface area contributed by atoms with Gasteiger partial charge in [0.05, 0.1) is 0 Å². The number of amidine groups is 1. The Kier molecular flexibility index (Phi) is 1.88. The molecule has 0 radical (unpaired) electrons. The van der Waals surface area contributed by atoms with E-state index in [0.29, 0.717) is 10.8 Å². The van der Waals surface area contributed by atoms with Gasteiger partial charge in [-0.25, -0.2) is 4.99 Å². The summed E-state index contributed by atoms with van der Waals surface area (Å²) in [6.07, 6.45) is 0.743. The number of nitrogens with zero attached hydrogens (tertiary/aromatic N) is 1. The standard InChI is InChI=1S/C10H10N2S/c1-6-3-2-4-7-5-8(13)12-10(11)9(6)7/h2-4H,5H2,1H3,(H2,11,12,13). The van der Waals surface area contributed by atoms with E-state index in [0.717, 1.165) is 12.0 Å². The first-order valence-electron chi connectivity index (χ1n) is 4.14. The molecule has 0 amide bonds. The zero-order valence-electron chi connectivity index (χ0n) is 7.37. The molecule has 1 heterocycles. The summed E-state index contributed by atoms with van der Waals surface area (Å²) >= 11 is 5.03. The van der Waals surface area contributed by atoms with Crippen molar-refractivity contribution in [1.29, 1.82) is 0 Å². The van der Waals surface area contributed by atoms with Crippen LogP contribution in [0.1, 0.15) is 16.7 Å². The maximum absolute atomic E-state index is 5.80. The molecule has 13 heavy (non-hydrogen) atoms. The molecule has 2 nitrogen and oxygen atoms in total. The fourth-order valence-corrected chi connectivity index (χ4v) is 1.89. The summed E-state index contributed by atoms with van der Waals surface area (Å²) in [4.78, 5) is 4.79. The third-order valence-electron chi connectivity index (χ3n) is 2.20. The van der Waals surface area contributed by atoms with E-state index in [1.54, 1.807) is 0 Å². The monoisotopic (exact) mass is 190 g/mol. The van der Waals surface area contributed by atoms with Crippen LogP contribution in [0.15, 0.2) is 23.2 Å². The molecule has 2 N–H and O–H groups in total. The van der Waals surface area contributed by atoms with Crippen LogP contribution in [0.25, 0.3) is 0 Å². The molecule has 1 aliphatic heterocycles. The van der Waals surface area contributed by atoms with Crippen molar-refractivity contribution >= 4 is 23.0 Å². The predicted molar refractivity (Wildman–Crippen MR) is 58.2 cm³/mol. The first kappa shape index (κ1) is 8.38. The fourth-order valence-electron chi connectivity index (χ4n) is 1.64. The molecule has 0 atom stereocenters. The van der Waals surface area contributed by atoms with Crippen LogP contribution < -0.4 is 5.73 Å². The Morgan fingerprint density at radius 2 is 2.23 bits per heavy atom. The summed E-state index contributed by atoms with van der Waals surface area (Å²) < 4.78 is 0. The number of hydrogen-bond donors (Lipinski definition) is 1. The Balaban J connectivity index is 2.67. The van der Waals surface area contributed by atoms with Gasteiger partial charge in [-0.05, 0) is 18.1 Å². The molecular formula is C10H10N2S. The Labute approximate surface area is 82.5 Å². The first-order chi connectivity index (χ1) is 6.18. The van der Waals surface area contributed by atoms with E-state index in [1.807, 2.05) is 19.1 Å². The number of aryl methyl sites for hydroxylation is 1. The second-order valence-electron chi connectivity index (χ2n) is 3.18. The number of rotatable bonds is 0. The van der Waals surface area contributed by atoms with Gasteiger partial charge in [-0.2, -0.15) is 0 Å². The molecule has 0 saturated heterocycles. The van der Waals surface area contributed by atoms with E-state index < -0.39 is 0 Å². The molecule has 0 aromatic heterocycles. The summed E-state index contributed by atoms with van der Waals surface area (Å²) in [6, 6.07) is 6.11. The van der Waals surface area contributed by atoms with E-state index in [9.17, 15) is 0 Å². The van der Waals surface area contributed by atoms with Crippen molar-refractivity contribution in [2.75, 3.05) is 0 Å². The van der Waals surface area contributed by atoms with Crippen molar-refractivity contribution in [3.63, 3.8) is 0 Å². The van der Waals surface area contributed by atoms with Crippen molar-refractivity contribution in [3.05, 3.63) is 34.9 Å². The summed E-state index contributed by atoms with van der Waals surface area (Å²) in [5.41, 5.74) is 9.23. The van der Waals surface area contributed by atoms with E-state index in [1.165, 1.54) is 11.1 Å². The van der Waals surface area contributed by atoms with Crippen molar-refractivity contribution in [3.8, 4) is 0 Å². The quantitative estimate of drug-likeness (QED) is 0.631. The average molecular weight is 190 g/mol. The van der Waals surface area contributed by atoms with E-state index in [4.69, 9.17) is 18.0 Å². The minimum atomic E-state index is 0.560. The average Bonchev–Trinajstić information content (AvgIpc) is 2.02. The number of nitrogens with two attached hydrogens (primary N) is 1. The van der Waals surface area contributed by atoms with Crippen LogP contribution in [0.3, 0.4) is 0 Å². The summed E-state index contributed by atoms with van der Waals surface area (Å²) in [5, 5.41) is 0. The van der Waals surface area contributed by atoms with Crippen LogP contribution in [0.2, 0.25) is 0 Å². The highest BCUT2D eigenvalue weighted by Gasteiger charge is 2.15. The van der Waals surface area contributed by atoms with Crippen molar-refractivity contribution in [1.82, 2.24) is 0 Å². The van der Waals surface area contributed by atoms with Crippen LogP contribution in [0, 0.1) is 6.92 Å². The van der Waals surface area contributed by atoms with Gasteiger partial charge in [0.2, 0.25) is 0 Å². The zero-order valence-corrected chi connectivity index (χ0v) is 8.19. The van der Waals surface area contributed by atoms with Crippen LogP contribution in [-0.2, 0) is 6.42 Å². The zero-order chi connectivity index (χ0) is 9.42. The molecule has 1 aromatic carbocycles. The maximum atomic E-state index is 5.80. The van der Waals surface area contributed by atoms with Gasteiger partial charge in [-0.3, -0.25) is 0 Å². The van der Waals surface area contributed by atoms with Gasteiger partial charge >= 0.3 is 0 Å². The molecule has 0 spiro atoms. The summed E-state index contributed by atoms with van der Waals surface area (Å²) in [5.74, 6) is 0.560. The van der Waals surface area contributed by atoms with Gasteiger partial charge in [0, 0.05) is 12.0 Å². The normalized spacial score (nSPS) is 15.2. The number of benzene rings is 1. The minimum absolute atomic E-state index is 0.560. The Hall–Kier alpha value is -1.22. The second kappa shape index (κ2) is 2.92. The predicted octanol–water partition coefficient (Wildman–Crippen LogP) is 1.58. The van der Waals surface area contributed by atoms with Gasteiger partial charge in [-0.15, -0.1) is 0 Å². The topological polar surface area (TPSA) is 38.4 Å². The molecular weight excluding hydrogens is 180 g/mol. The first-order valence-corrected chi connectivity index (χ1v) is 4.55. The van der Waals surface area contributed by atoms with E-state index >= 15 is 0 Å². The lowest BCUT2D eigenvalue weighted by molar-refractivity contribution is 1.23. The molecule has 0 bridgehead atoms.